The Morgan fingerprint density at radius 1 is 1.07 bits per heavy atom. The van der Waals surface area contributed by atoms with Crippen LogP contribution >= 0.6 is 0 Å². The Morgan fingerprint density at radius 2 is 1.57 bits per heavy atom. The van der Waals surface area contributed by atoms with Crippen LogP contribution in [0.25, 0.3) is 0 Å². The molecule has 0 aromatic rings. The van der Waals surface area contributed by atoms with Gasteiger partial charge < -0.3 is 4.74 Å². The fourth-order valence-electron chi connectivity index (χ4n) is 2.41. The van der Waals surface area contributed by atoms with Gasteiger partial charge in [0.1, 0.15) is 0 Å². The Labute approximate surface area is 89.2 Å². The maximum atomic E-state index is 6.01. The highest BCUT2D eigenvalue weighted by atomic mass is 16.5. The topological polar surface area (TPSA) is 9.23 Å². The first kappa shape index (κ1) is 12.0. The summed E-state index contributed by atoms with van der Waals surface area (Å²) in [5.41, 5.74) is 0.0163. The monoisotopic (exact) mass is 198 g/mol. The molecule has 0 spiro atoms. The average molecular weight is 198 g/mol. The SMILES string of the molecule is CC1CCC(C(C)OC(C)(C)C)CC1. The Balaban J connectivity index is 2.34. The summed E-state index contributed by atoms with van der Waals surface area (Å²) in [6, 6.07) is 0. The van der Waals surface area contributed by atoms with Gasteiger partial charge in [0.05, 0.1) is 11.7 Å². The molecule has 0 heterocycles. The van der Waals surface area contributed by atoms with Gasteiger partial charge in [-0.2, -0.15) is 0 Å². The molecule has 1 aliphatic rings. The van der Waals surface area contributed by atoms with Gasteiger partial charge in [-0.25, -0.2) is 0 Å². The number of hydrogen-bond donors (Lipinski definition) is 0. The van der Waals surface area contributed by atoms with Crippen molar-refractivity contribution >= 4 is 0 Å². The van der Waals surface area contributed by atoms with Gasteiger partial charge in [0.15, 0.2) is 0 Å². The molecule has 1 heteroatoms. The van der Waals surface area contributed by atoms with Gasteiger partial charge in [-0.1, -0.05) is 19.8 Å². The lowest BCUT2D eigenvalue weighted by molar-refractivity contribution is -0.0834. The molecule has 0 N–H and O–H groups in total. The minimum Gasteiger partial charge on any atom is -0.373 e. The van der Waals surface area contributed by atoms with Crippen molar-refractivity contribution in [2.24, 2.45) is 11.8 Å². The predicted molar refractivity (Wildman–Crippen MR) is 61.4 cm³/mol. The highest BCUT2D eigenvalue weighted by molar-refractivity contribution is 4.76. The second kappa shape index (κ2) is 4.65. The van der Waals surface area contributed by atoms with E-state index >= 15 is 0 Å². The van der Waals surface area contributed by atoms with Crippen LogP contribution in [0.1, 0.15) is 60.3 Å². The van der Waals surface area contributed by atoms with Crippen molar-refractivity contribution in [1.82, 2.24) is 0 Å². The maximum Gasteiger partial charge on any atom is 0.0602 e. The van der Waals surface area contributed by atoms with Crippen LogP contribution in [0.15, 0.2) is 0 Å². The van der Waals surface area contributed by atoms with Gasteiger partial charge in [0.25, 0.3) is 0 Å². The van der Waals surface area contributed by atoms with E-state index in [0.717, 1.165) is 11.8 Å². The minimum absolute atomic E-state index is 0.0163. The molecule has 1 aliphatic carbocycles. The Hall–Kier alpha value is -0.0400. The molecule has 0 amide bonds. The molecule has 1 atom stereocenters. The zero-order valence-electron chi connectivity index (χ0n) is 10.5. The zero-order chi connectivity index (χ0) is 10.8. The maximum absolute atomic E-state index is 6.01. The Morgan fingerprint density at radius 3 is 2.00 bits per heavy atom. The molecule has 1 nitrogen and oxygen atoms in total. The van der Waals surface area contributed by atoms with E-state index in [1.54, 1.807) is 0 Å². The summed E-state index contributed by atoms with van der Waals surface area (Å²) < 4.78 is 6.01. The van der Waals surface area contributed by atoms with Gasteiger partial charge >= 0.3 is 0 Å². The minimum atomic E-state index is 0.0163. The smallest absolute Gasteiger partial charge is 0.0602 e. The zero-order valence-corrected chi connectivity index (χ0v) is 10.5. The first-order chi connectivity index (χ1) is 6.38. The second-order valence-corrected chi connectivity index (χ2v) is 5.96. The molecular formula is C13H26O. The largest absolute Gasteiger partial charge is 0.373 e. The van der Waals surface area contributed by atoms with Crippen molar-refractivity contribution in [2.45, 2.75) is 72.0 Å². The lowest BCUT2D eigenvalue weighted by Crippen LogP contribution is -2.32. The van der Waals surface area contributed by atoms with Crippen LogP contribution in [0, 0.1) is 11.8 Å². The van der Waals surface area contributed by atoms with Gasteiger partial charge in [-0.3, -0.25) is 0 Å². The first-order valence-electron chi connectivity index (χ1n) is 6.06. The molecule has 1 fully saturated rings. The molecule has 0 aromatic heterocycles. The summed E-state index contributed by atoms with van der Waals surface area (Å²) in [4.78, 5) is 0. The number of hydrogen-bond acceptors (Lipinski definition) is 1. The summed E-state index contributed by atoms with van der Waals surface area (Å²) in [6.45, 7) is 11.1. The molecule has 1 saturated carbocycles. The summed E-state index contributed by atoms with van der Waals surface area (Å²) in [6.07, 6.45) is 5.93. The van der Waals surface area contributed by atoms with E-state index in [-0.39, 0.29) is 5.60 Å². The molecule has 1 unspecified atom stereocenters. The van der Waals surface area contributed by atoms with Crippen LogP contribution in [0.3, 0.4) is 0 Å². The van der Waals surface area contributed by atoms with Crippen molar-refractivity contribution in [1.29, 1.82) is 0 Å². The van der Waals surface area contributed by atoms with Gasteiger partial charge in [0.2, 0.25) is 0 Å². The molecule has 14 heavy (non-hydrogen) atoms. The van der Waals surface area contributed by atoms with Crippen molar-refractivity contribution in [3.8, 4) is 0 Å². The van der Waals surface area contributed by atoms with Crippen LogP contribution in [0.4, 0.5) is 0 Å². The lowest BCUT2D eigenvalue weighted by atomic mass is 9.80. The fourth-order valence-corrected chi connectivity index (χ4v) is 2.41. The number of rotatable bonds is 2. The highest BCUT2D eigenvalue weighted by Gasteiger charge is 2.26. The summed E-state index contributed by atoms with van der Waals surface area (Å²) >= 11 is 0. The van der Waals surface area contributed by atoms with E-state index in [4.69, 9.17) is 4.74 Å². The van der Waals surface area contributed by atoms with Crippen LogP contribution < -0.4 is 0 Å². The van der Waals surface area contributed by atoms with Gasteiger partial charge in [-0.15, -0.1) is 0 Å². The van der Waals surface area contributed by atoms with Crippen molar-refractivity contribution < 1.29 is 4.74 Å². The van der Waals surface area contributed by atoms with Gasteiger partial charge in [0, 0.05) is 0 Å². The Bertz CT molecular complexity index is 161. The van der Waals surface area contributed by atoms with E-state index in [2.05, 4.69) is 34.6 Å². The number of ether oxygens (including phenoxy) is 1. The Kier molecular flexibility index (Phi) is 4.00. The molecule has 0 radical (unpaired) electrons. The lowest BCUT2D eigenvalue weighted by Gasteiger charge is -2.34. The third-order valence-corrected chi connectivity index (χ3v) is 3.26. The van der Waals surface area contributed by atoms with E-state index in [1.165, 1.54) is 25.7 Å². The standard InChI is InChI=1S/C13H26O/c1-10-6-8-12(9-7-10)11(2)14-13(3,4)5/h10-12H,6-9H2,1-5H3. The second-order valence-electron chi connectivity index (χ2n) is 5.96. The summed E-state index contributed by atoms with van der Waals surface area (Å²) in [5, 5.41) is 0. The summed E-state index contributed by atoms with van der Waals surface area (Å²) in [5.74, 6) is 1.73. The molecule has 1 rings (SSSR count). The van der Waals surface area contributed by atoms with E-state index < -0.39 is 0 Å². The van der Waals surface area contributed by atoms with Crippen LogP contribution in [0.2, 0.25) is 0 Å². The summed E-state index contributed by atoms with van der Waals surface area (Å²) in [7, 11) is 0. The first-order valence-corrected chi connectivity index (χ1v) is 6.06. The van der Waals surface area contributed by atoms with Crippen molar-refractivity contribution in [2.75, 3.05) is 0 Å². The van der Waals surface area contributed by atoms with Crippen LogP contribution in [0.5, 0.6) is 0 Å². The van der Waals surface area contributed by atoms with E-state index in [9.17, 15) is 0 Å². The normalized spacial score (nSPS) is 31.5. The van der Waals surface area contributed by atoms with Gasteiger partial charge in [-0.05, 0) is 52.4 Å². The highest BCUT2D eigenvalue weighted by Crippen LogP contribution is 2.32. The van der Waals surface area contributed by atoms with Crippen LogP contribution in [-0.2, 0) is 4.74 Å². The average Bonchev–Trinajstić information content (AvgIpc) is 2.02. The molecule has 0 saturated heterocycles. The molecule has 84 valence electrons. The van der Waals surface area contributed by atoms with E-state index in [1.807, 2.05) is 0 Å². The third-order valence-electron chi connectivity index (χ3n) is 3.26. The fraction of sp³-hybridized carbons (Fsp3) is 1.00. The molecule has 0 aliphatic heterocycles. The van der Waals surface area contributed by atoms with E-state index in [0.29, 0.717) is 6.10 Å². The third kappa shape index (κ3) is 4.00. The van der Waals surface area contributed by atoms with Crippen molar-refractivity contribution in [3.63, 3.8) is 0 Å². The van der Waals surface area contributed by atoms with Crippen LogP contribution in [-0.4, -0.2) is 11.7 Å². The van der Waals surface area contributed by atoms with Crippen molar-refractivity contribution in [3.05, 3.63) is 0 Å². The quantitative estimate of drug-likeness (QED) is 0.651. The molecule has 0 bridgehead atoms. The molecule has 0 aromatic carbocycles. The molecular weight excluding hydrogens is 172 g/mol. The predicted octanol–water partition coefficient (Wildman–Crippen LogP) is 4.02.